The van der Waals surface area contributed by atoms with E-state index in [0.717, 1.165) is 0 Å². The van der Waals surface area contributed by atoms with E-state index in [1.54, 1.807) is 0 Å². The van der Waals surface area contributed by atoms with Crippen LogP contribution in [0.15, 0.2) is 24.3 Å². The zero-order valence-electron chi connectivity index (χ0n) is 19.0. The lowest BCUT2D eigenvalue weighted by atomic mass is 10.0. The van der Waals surface area contributed by atoms with Crippen molar-refractivity contribution in [2.24, 2.45) is 11.5 Å². The van der Waals surface area contributed by atoms with Crippen LogP contribution in [0.1, 0.15) is 25.3 Å². The lowest BCUT2D eigenvalue weighted by Gasteiger charge is -2.26. The van der Waals surface area contributed by atoms with Crippen molar-refractivity contribution in [1.82, 2.24) is 16.0 Å². The van der Waals surface area contributed by atoms with Crippen molar-refractivity contribution in [3.8, 4) is 5.75 Å². The van der Waals surface area contributed by atoms with Gasteiger partial charge in [0.1, 0.15) is 23.9 Å². The molecule has 35 heavy (non-hydrogen) atoms. The number of rotatable bonds is 14. The summed E-state index contributed by atoms with van der Waals surface area (Å²) in [6, 6.07) is 0.434. The van der Waals surface area contributed by atoms with Crippen LogP contribution in [0.3, 0.4) is 0 Å². The number of amides is 4. The monoisotopic (exact) mass is 513 g/mol. The van der Waals surface area contributed by atoms with Gasteiger partial charge < -0.3 is 42.7 Å². The molecule has 194 valence electrons. The van der Waals surface area contributed by atoms with Crippen LogP contribution in [0.2, 0.25) is 0 Å². The van der Waals surface area contributed by atoms with Gasteiger partial charge in [0.25, 0.3) is 0 Å². The lowest BCUT2D eigenvalue weighted by molar-refractivity contribution is -0.142. The molecule has 0 fully saturated rings. The number of thiol groups is 1. The van der Waals surface area contributed by atoms with Gasteiger partial charge in [0, 0.05) is 18.6 Å². The normalized spacial score (nSPS) is 15.1. The molecular weight excluding hydrogens is 482 g/mol. The number of benzene rings is 1. The summed E-state index contributed by atoms with van der Waals surface area (Å²) in [5.74, 6) is -4.86. The van der Waals surface area contributed by atoms with Gasteiger partial charge in [-0.3, -0.25) is 19.2 Å². The molecule has 0 aliphatic carbocycles. The highest BCUT2D eigenvalue weighted by molar-refractivity contribution is 7.80. The molecule has 10 N–H and O–H groups in total. The SMILES string of the molecule is CC(O)C(NC(=O)C(Cc1ccc(O)cc1)NC(=O)C(N)CCC(N)=O)C(=O)NC(CS)C(=O)O. The van der Waals surface area contributed by atoms with Gasteiger partial charge in [-0.05, 0) is 31.0 Å². The number of hydrogen-bond acceptors (Lipinski definition) is 9. The molecule has 0 heterocycles. The maximum absolute atomic E-state index is 13.0. The molecule has 0 saturated carbocycles. The highest BCUT2D eigenvalue weighted by Gasteiger charge is 2.32. The number of carboxylic acid groups (broad SMARTS) is 1. The minimum absolute atomic E-state index is 0.0183. The Hall–Kier alpha value is -3.36. The van der Waals surface area contributed by atoms with E-state index in [2.05, 4.69) is 28.6 Å². The Morgan fingerprint density at radius 2 is 1.54 bits per heavy atom. The second-order valence-electron chi connectivity index (χ2n) is 7.85. The Morgan fingerprint density at radius 3 is 2.03 bits per heavy atom. The molecule has 0 saturated heterocycles. The first kappa shape index (κ1) is 29.7. The predicted molar refractivity (Wildman–Crippen MR) is 127 cm³/mol. The maximum Gasteiger partial charge on any atom is 0.327 e. The van der Waals surface area contributed by atoms with E-state index in [-0.39, 0.29) is 30.8 Å². The zero-order chi connectivity index (χ0) is 26.7. The van der Waals surface area contributed by atoms with Gasteiger partial charge in [-0.2, -0.15) is 12.6 Å². The molecule has 4 amide bonds. The summed E-state index contributed by atoms with van der Waals surface area (Å²) in [5.41, 5.74) is 11.4. The molecular formula is C21H31N5O8S. The highest BCUT2D eigenvalue weighted by Crippen LogP contribution is 2.12. The third kappa shape index (κ3) is 10.2. The summed E-state index contributed by atoms with van der Waals surface area (Å²) in [5, 5.41) is 35.5. The average molecular weight is 514 g/mol. The number of aliphatic hydroxyl groups is 1. The molecule has 0 aliphatic heterocycles. The van der Waals surface area contributed by atoms with Crippen LogP contribution < -0.4 is 27.4 Å². The lowest BCUT2D eigenvalue weighted by Crippen LogP contribution is -2.60. The van der Waals surface area contributed by atoms with Gasteiger partial charge in [0.15, 0.2) is 0 Å². The topological polar surface area (TPSA) is 234 Å². The highest BCUT2D eigenvalue weighted by atomic mass is 32.1. The summed E-state index contributed by atoms with van der Waals surface area (Å²) < 4.78 is 0. The van der Waals surface area contributed by atoms with E-state index in [1.165, 1.54) is 31.2 Å². The van der Waals surface area contributed by atoms with Crippen LogP contribution in [-0.4, -0.2) is 80.9 Å². The largest absolute Gasteiger partial charge is 0.508 e. The van der Waals surface area contributed by atoms with Crippen LogP contribution in [0.4, 0.5) is 0 Å². The van der Waals surface area contributed by atoms with Crippen LogP contribution in [0.25, 0.3) is 0 Å². The first-order valence-corrected chi connectivity index (χ1v) is 11.2. The summed E-state index contributed by atoms with van der Waals surface area (Å²) in [7, 11) is 0. The van der Waals surface area contributed by atoms with Gasteiger partial charge in [0.2, 0.25) is 23.6 Å². The third-order valence-electron chi connectivity index (χ3n) is 4.91. The number of phenols is 1. The number of carbonyl (C=O) groups excluding carboxylic acids is 4. The summed E-state index contributed by atoms with van der Waals surface area (Å²) in [6.45, 7) is 1.22. The smallest absolute Gasteiger partial charge is 0.327 e. The number of aromatic hydroxyl groups is 1. The Morgan fingerprint density at radius 1 is 0.971 bits per heavy atom. The van der Waals surface area contributed by atoms with Gasteiger partial charge >= 0.3 is 5.97 Å². The molecule has 14 heteroatoms. The van der Waals surface area contributed by atoms with E-state index in [9.17, 15) is 34.2 Å². The number of primary amides is 1. The van der Waals surface area contributed by atoms with E-state index >= 15 is 0 Å². The Balaban J connectivity index is 3.07. The average Bonchev–Trinajstić information content (AvgIpc) is 2.79. The van der Waals surface area contributed by atoms with Crippen molar-refractivity contribution in [3.05, 3.63) is 29.8 Å². The molecule has 0 aromatic heterocycles. The Kier molecular flexibility index (Phi) is 12.0. The van der Waals surface area contributed by atoms with Crippen LogP contribution >= 0.6 is 12.6 Å². The quantitative estimate of drug-likeness (QED) is 0.118. The summed E-state index contributed by atoms with van der Waals surface area (Å²) in [6.07, 6.45) is -1.71. The zero-order valence-corrected chi connectivity index (χ0v) is 19.9. The number of carbonyl (C=O) groups is 5. The number of nitrogens with one attached hydrogen (secondary N) is 3. The first-order chi connectivity index (χ1) is 16.3. The molecule has 5 unspecified atom stereocenters. The van der Waals surface area contributed by atoms with Crippen molar-refractivity contribution < 1.29 is 39.3 Å². The Bertz CT molecular complexity index is 911. The van der Waals surface area contributed by atoms with Crippen molar-refractivity contribution >= 4 is 42.2 Å². The van der Waals surface area contributed by atoms with Gasteiger partial charge in [-0.25, -0.2) is 4.79 Å². The van der Waals surface area contributed by atoms with Crippen molar-refractivity contribution in [3.63, 3.8) is 0 Å². The second kappa shape index (κ2) is 14.1. The van der Waals surface area contributed by atoms with E-state index < -0.39 is 59.9 Å². The van der Waals surface area contributed by atoms with Crippen LogP contribution in [0.5, 0.6) is 5.75 Å². The van der Waals surface area contributed by atoms with Crippen LogP contribution in [0, 0.1) is 0 Å². The number of nitrogens with two attached hydrogens (primary N) is 2. The van der Waals surface area contributed by atoms with E-state index in [4.69, 9.17) is 16.6 Å². The fraction of sp³-hybridized carbons (Fsp3) is 0.476. The van der Waals surface area contributed by atoms with Crippen molar-refractivity contribution in [2.45, 2.75) is 56.5 Å². The van der Waals surface area contributed by atoms with Gasteiger partial charge in [0.05, 0.1) is 12.1 Å². The molecule has 1 aromatic carbocycles. The molecule has 0 spiro atoms. The van der Waals surface area contributed by atoms with Crippen LogP contribution in [-0.2, 0) is 30.4 Å². The number of carboxylic acids is 1. The molecule has 0 bridgehead atoms. The van der Waals surface area contributed by atoms with Gasteiger partial charge in [-0.15, -0.1) is 0 Å². The van der Waals surface area contributed by atoms with Crippen molar-refractivity contribution in [1.29, 1.82) is 0 Å². The molecule has 1 aromatic rings. The summed E-state index contributed by atoms with van der Waals surface area (Å²) >= 11 is 3.85. The minimum atomic E-state index is -1.55. The van der Waals surface area contributed by atoms with Crippen molar-refractivity contribution in [2.75, 3.05) is 5.75 Å². The van der Waals surface area contributed by atoms with E-state index in [0.29, 0.717) is 5.56 Å². The van der Waals surface area contributed by atoms with Gasteiger partial charge in [-0.1, -0.05) is 12.1 Å². The fourth-order valence-electron chi connectivity index (χ4n) is 2.89. The first-order valence-electron chi connectivity index (χ1n) is 10.6. The molecule has 1 rings (SSSR count). The number of hydrogen-bond donors (Lipinski definition) is 9. The maximum atomic E-state index is 13.0. The standard InChI is InChI=1S/C21H31N5O8S/c1-10(27)17(20(32)25-15(9-35)21(33)34)26-19(31)14(8-11-2-4-12(28)5-3-11)24-18(30)13(22)6-7-16(23)29/h2-5,10,13-15,17,27-28,35H,6-9,22H2,1H3,(H2,23,29)(H,24,30)(H,25,32)(H,26,31)(H,33,34). The second-order valence-corrected chi connectivity index (χ2v) is 8.22. The fourth-order valence-corrected chi connectivity index (χ4v) is 3.14. The molecule has 13 nitrogen and oxygen atoms in total. The number of aliphatic carboxylic acids is 1. The minimum Gasteiger partial charge on any atom is -0.508 e. The Labute approximate surface area is 207 Å². The molecule has 5 atom stereocenters. The summed E-state index contributed by atoms with van der Waals surface area (Å²) in [4.78, 5) is 60.2. The van der Waals surface area contributed by atoms with E-state index in [1.807, 2.05) is 0 Å². The predicted octanol–water partition coefficient (Wildman–Crippen LogP) is -2.62. The number of aliphatic hydroxyl groups excluding tert-OH is 1. The number of phenolic OH excluding ortho intramolecular Hbond substituents is 1. The molecule has 0 aliphatic rings. The third-order valence-corrected chi connectivity index (χ3v) is 5.27. The molecule has 0 radical (unpaired) electrons.